The van der Waals surface area contributed by atoms with Crippen molar-refractivity contribution in [2.75, 3.05) is 17.6 Å². The average molecular weight is 305 g/mol. The molecule has 0 saturated heterocycles. The van der Waals surface area contributed by atoms with Crippen molar-refractivity contribution in [1.29, 1.82) is 0 Å². The summed E-state index contributed by atoms with van der Waals surface area (Å²) in [4.78, 5) is 11.9. The smallest absolute Gasteiger partial charge is 0.260 e. The van der Waals surface area contributed by atoms with Crippen molar-refractivity contribution in [1.82, 2.24) is 9.78 Å². The Kier molecular flexibility index (Phi) is 3.59. The first kappa shape index (κ1) is 13.9. The van der Waals surface area contributed by atoms with E-state index in [0.29, 0.717) is 16.5 Å². The maximum absolute atomic E-state index is 11.4. The third kappa shape index (κ3) is 2.87. The van der Waals surface area contributed by atoms with Gasteiger partial charge >= 0.3 is 0 Å². The van der Waals surface area contributed by atoms with E-state index in [1.807, 2.05) is 24.0 Å². The average Bonchev–Trinajstić information content (AvgIpc) is 3.09. The summed E-state index contributed by atoms with van der Waals surface area (Å²) >= 11 is 1.36. The van der Waals surface area contributed by atoms with E-state index in [1.165, 1.54) is 11.3 Å². The van der Waals surface area contributed by atoms with E-state index in [0.717, 1.165) is 42.1 Å². The predicted molar refractivity (Wildman–Crippen MR) is 84.7 cm³/mol. The third-order valence-electron chi connectivity index (χ3n) is 3.58. The predicted octanol–water partition coefficient (Wildman–Crippen LogP) is 1.92. The van der Waals surface area contributed by atoms with Crippen LogP contribution in [-0.4, -0.2) is 22.2 Å². The summed E-state index contributed by atoms with van der Waals surface area (Å²) < 4.78 is 1.89. The van der Waals surface area contributed by atoms with Crippen molar-refractivity contribution < 1.29 is 4.79 Å². The minimum atomic E-state index is -0.449. The minimum Gasteiger partial charge on any atom is -0.397 e. The summed E-state index contributed by atoms with van der Waals surface area (Å²) in [6.07, 6.45) is 6.10. The number of anilines is 2. The van der Waals surface area contributed by atoms with Crippen molar-refractivity contribution in [3.05, 3.63) is 28.4 Å². The summed E-state index contributed by atoms with van der Waals surface area (Å²) in [5, 5.41) is 8.61. The number of thiophene rings is 1. The first-order valence-corrected chi connectivity index (χ1v) is 7.82. The molecule has 0 radical (unpaired) electrons. The summed E-state index contributed by atoms with van der Waals surface area (Å²) in [6, 6.07) is 0. The van der Waals surface area contributed by atoms with Crippen molar-refractivity contribution in [2.45, 2.75) is 32.2 Å². The number of nitrogens with two attached hydrogens (primary N) is 2. The second-order valence-electron chi connectivity index (χ2n) is 5.43. The highest BCUT2D eigenvalue weighted by Gasteiger charge is 2.32. The molecule has 2 heterocycles. The topological polar surface area (TPSA) is 99.0 Å². The SMILES string of the molecule is Cc1cnn(CCNc2sc(C(N)=O)c(N)c2C2CC2)c1. The van der Waals surface area contributed by atoms with Crippen LogP contribution in [0, 0.1) is 6.92 Å². The molecule has 7 heteroatoms. The zero-order valence-electron chi connectivity index (χ0n) is 11.9. The van der Waals surface area contributed by atoms with E-state index in [9.17, 15) is 4.79 Å². The molecule has 1 amide bonds. The van der Waals surface area contributed by atoms with E-state index in [1.54, 1.807) is 0 Å². The van der Waals surface area contributed by atoms with Gasteiger partial charge in [-0.25, -0.2) is 0 Å². The van der Waals surface area contributed by atoms with Gasteiger partial charge in [0, 0.05) is 18.3 Å². The van der Waals surface area contributed by atoms with Crippen LogP contribution in [0.15, 0.2) is 12.4 Å². The van der Waals surface area contributed by atoms with Crippen LogP contribution in [0.2, 0.25) is 0 Å². The molecular weight excluding hydrogens is 286 g/mol. The van der Waals surface area contributed by atoms with Crippen molar-refractivity contribution in [3.63, 3.8) is 0 Å². The van der Waals surface area contributed by atoms with Crippen molar-refractivity contribution in [2.24, 2.45) is 5.73 Å². The maximum atomic E-state index is 11.4. The van der Waals surface area contributed by atoms with Crippen LogP contribution in [0.5, 0.6) is 0 Å². The number of rotatable bonds is 6. The highest BCUT2D eigenvalue weighted by atomic mass is 32.1. The quantitative estimate of drug-likeness (QED) is 0.759. The molecule has 0 aliphatic heterocycles. The summed E-state index contributed by atoms with van der Waals surface area (Å²) in [5.41, 5.74) is 14.3. The summed E-state index contributed by atoms with van der Waals surface area (Å²) in [7, 11) is 0. The molecule has 0 atom stereocenters. The summed E-state index contributed by atoms with van der Waals surface area (Å²) in [6.45, 7) is 3.52. The van der Waals surface area contributed by atoms with Gasteiger partial charge in [0.05, 0.1) is 23.4 Å². The zero-order valence-corrected chi connectivity index (χ0v) is 12.7. The fraction of sp³-hybridized carbons (Fsp3) is 0.429. The molecular formula is C14H19N5OS. The molecule has 6 nitrogen and oxygen atoms in total. The van der Waals surface area contributed by atoms with Crippen LogP contribution in [0.1, 0.15) is 39.6 Å². The number of carbonyl (C=O) groups is 1. The number of aryl methyl sites for hydroxylation is 1. The standard InChI is InChI=1S/C14H19N5OS/c1-8-6-18-19(7-8)5-4-17-14-10(9-2-3-9)11(15)12(21-14)13(16)20/h6-7,9,17H,2-5,15H2,1H3,(H2,16,20). The molecule has 3 rings (SSSR count). The van der Waals surface area contributed by atoms with Gasteiger partial charge in [0.2, 0.25) is 0 Å². The lowest BCUT2D eigenvalue weighted by Gasteiger charge is -2.07. The largest absolute Gasteiger partial charge is 0.397 e. The van der Waals surface area contributed by atoms with Crippen molar-refractivity contribution >= 4 is 27.9 Å². The van der Waals surface area contributed by atoms with Crippen LogP contribution < -0.4 is 16.8 Å². The molecule has 0 unspecified atom stereocenters. The molecule has 112 valence electrons. The molecule has 0 bridgehead atoms. The molecule has 0 aromatic carbocycles. The monoisotopic (exact) mass is 305 g/mol. The van der Waals surface area contributed by atoms with Gasteiger partial charge in [0.25, 0.3) is 5.91 Å². The Bertz CT molecular complexity index is 671. The van der Waals surface area contributed by atoms with E-state index < -0.39 is 5.91 Å². The second kappa shape index (κ2) is 5.40. The van der Waals surface area contributed by atoms with E-state index >= 15 is 0 Å². The van der Waals surface area contributed by atoms with Gasteiger partial charge in [-0.3, -0.25) is 9.48 Å². The number of aromatic nitrogens is 2. The molecule has 1 aliphatic rings. The van der Waals surface area contributed by atoms with Gasteiger partial charge < -0.3 is 16.8 Å². The van der Waals surface area contributed by atoms with Gasteiger partial charge in [0.15, 0.2) is 0 Å². The van der Waals surface area contributed by atoms with E-state index in [4.69, 9.17) is 11.5 Å². The maximum Gasteiger partial charge on any atom is 0.260 e. The van der Waals surface area contributed by atoms with Gasteiger partial charge in [0.1, 0.15) is 4.88 Å². The molecule has 1 saturated carbocycles. The van der Waals surface area contributed by atoms with E-state index in [2.05, 4.69) is 10.4 Å². The second-order valence-corrected chi connectivity index (χ2v) is 6.45. The van der Waals surface area contributed by atoms with Crippen molar-refractivity contribution in [3.8, 4) is 0 Å². The fourth-order valence-electron chi connectivity index (χ4n) is 2.42. The van der Waals surface area contributed by atoms with Gasteiger partial charge in [-0.05, 0) is 31.2 Å². The van der Waals surface area contributed by atoms with Gasteiger partial charge in [-0.2, -0.15) is 5.10 Å². The highest BCUT2D eigenvalue weighted by Crippen LogP contribution is 2.50. The Hall–Kier alpha value is -2.02. The van der Waals surface area contributed by atoms with Gasteiger partial charge in [-0.15, -0.1) is 11.3 Å². The Balaban J connectivity index is 1.72. The lowest BCUT2D eigenvalue weighted by atomic mass is 10.1. The molecule has 0 spiro atoms. The number of primary amides is 1. The normalized spacial score (nSPS) is 14.3. The van der Waals surface area contributed by atoms with Crippen LogP contribution in [0.3, 0.4) is 0 Å². The Morgan fingerprint density at radius 2 is 2.33 bits per heavy atom. The minimum absolute atomic E-state index is 0.449. The fourth-order valence-corrected chi connectivity index (χ4v) is 3.51. The Morgan fingerprint density at radius 1 is 1.57 bits per heavy atom. The number of amides is 1. The first-order valence-electron chi connectivity index (χ1n) is 7.01. The highest BCUT2D eigenvalue weighted by molar-refractivity contribution is 7.18. The summed E-state index contributed by atoms with van der Waals surface area (Å²) in [5.74, 6) is 0.0268. The molecule has 1 fully saturated rings. The number of carbonyl (C=O) groups excluding carboxylic acids is 1. The lowest BCUT2D eigenvalue weighted by Crippen LogP contribution is -2.11. The van der Waals surface area contributed by atoms with Crippen LogP contribution in [0.25, 0.3) is 0 Å². The van der Waals surface area contributed by atoms with Gasteiger partial charge in [-0.1, -0.05) is 0 Å². The molecule has 1 aliphatic carbocycles. The Labute approximate surface area is 127 Å². The Morgan fingerprint density at radius 3 is 2.90 bits per heavy atom. The number of nitrogen functional groups attached to an aromatic ring is 1. The zero-order chi connectivity index (χ0) is 15.0. The van der Waals surface area contributed by atoms with E-state index in [-0.39, 0.29) is 0 Å². The molecule has 2 aromatic rings. The third-order valence-corrected chi connectivity index (χ3v) is 4.78. The molecule has 5 N–H and O–H groups in total. The number of nitrogens with one attached hydrogen (secondary N) is 1. The number of hydrogen-bond donors (Lipinski definition) is 3. The molecule has 21 heavy (non-hydrogen) atoms. The van der Waals surface area contributed by atoms with Crippen LogP contribution in [0.4, 0.5) is 10.7 Å². The number of nitrogens with zero attached hydrogens (tertiary/aromatic N) is 2. The lowest BCUT2D eigenvalue weighted by molar-refractivity contribution is 0.100. The van der Waals surface area contributed by atoms with Crippen LogP contribution in [-0.2, 0) is 6.54 Å². The van der Waals surface area contributed by atoms with Crippen LogP contribution >= 0.6 is 11.3 Å². The molecule has 2 aromatic heterocycles. The number of hydrogen-bond acceptors (Lipinski definition) is 5. The first-order chi connectivity index (χ1) is 10.1.